The molecule has 2 heterocycles. The molecule has 24 heavy (non-hydrogen) atoms. The summed E-state index contributed by atoms with van der Waals surface area (Å²) in [5, 5.41) is 10.9. The molecule has 1 aromatic carbocycles. The van der Waals surface area contributed by atoms with E-state index in [1.807, 2.05) is 32.0 Å². The predicted molar refractivity (Wildman–Crippen MR) is 95.6 cm³/mol. The van der Waals surface area contributed by atoms with Gasteiger partial charge in [-0.25, -0.2) is 4.98 Å². The molecule has 0 radical (unpaired) electrons. The topological polar surface area (TPSA) is 114 Å². The van der Waals surface area contributed by atoms with Gasteiger partial charge in [0.2, 0.25) is 5.91 Å². The van der Waals surface area contributed by atoms with Crippen LogP contribution in [-0.2, 0) is 4.79 Å². The third kappa shape index (κ3) is 3.41. The van der Waals surface area contributed by atoms with Crippen LogP contribution < -0.4 is 11.1 Å². The molecule has 0 fully saturated rings. The van der Waals surface area contributed by atoms with Crippen molar-refractivity contribution in [2.24, 2.45) is 5.73 Å². The second-order valence-electron chi connectivity index (χ2n) is 5.22. The smallest absolute Gasteiger partial charge is 0.278 e. The number of anilines is 1. The van der Waals surface area contributed by atoms with Crippen LogP contribution in [0.4, 0.5) is 5.13 Å². The van der Waals surface area contributed by atoms with Gasteiger partial charge in [0, 0.05) is 5.39 Å². The number of carbonyl (C=O) groups is 2. The minimum Gasteiger partial charge on any atom is -0.369 e. The zero-order chi connectivity index (χ0) is 17.3. The Kier molecular flexibility index (Phi) is 4.54. The molecule has 7 nitrogen and oxygen atoms in total. The van der Waals surface area contributed by atoms with Gasteiger partial charge >= 0.3 is 0 Å². The number of hydrogen-bond acceptors (Lipinski definition) is 6. The second kappa shape index (κ2) is 6.62. The van der Waals surface area contributed by atoms with E-state index in [0.29, 0.717) is 10.8 Å². The van der Waals surface area contributed by atoms with E-state index in [1.165, 1.54) is 23.1 Å². The molecule has 2 amide bonds. The third-order valence-electron chi connectivity index (χ3n) is 3.25. The number of aromatic nitrogens is 3. The van der Waals surface area contributed by atoms with Crippen LogP contribution in [0.5, 0.6) is 0 Å². The van der Waals surface area contributed by atoms with Crippen molar-refractivity contribution in [3.8, 4) is 0 Å². The van der Waals surface area contributed by atoms with Crippen LogP contribution in [0.25, 0.3) is 10.9 Å². The Morgan fingerprint density at radius 3 is 2.92 bits per heavy atom. The fraction of sp³-hybridized carbons (Fsp3) is 0.200. The fourth-order valence-corrected chi connectivity index (χ4v) is 4.04. The van der Waals surface area contributed by atoms with E-state index in [9.17, 15) is 9.59 Å². The lowest BCUT2D eigenvalue weighted by Gasteiger charge is -1.99. The Hall–Kier alpha value is -2.39. The second-order valence-corrected chi connectivity index (χ2v) is 7.47. The van der Waals surface area contributed by atoms with Crippen molar-refractivity contribution in [2.75, 3.05) is 11.1 Å². The standard InChI is InChI=1S/C15H15N5O2S2/c1-7-3-4-10-9(5-7)12(20-19-10)13(22)18-15-17-8(2)14(24-15)23-6-11(16)21/h3-5H,6H2,1-2H3,(H2,16,21)(H,19,20)(H,17,18,22). The highest BCUT2D eigenvalue weighted by molar-refractivity contribution is 8.01. The van der Waals surface area contributed by atoms with Crippen molar-refractivity contribution in [3.63, 3.8) is 0 Å². The van der Waals surface area contributed by atoms with Crippen molar-refractivity contribution in [1.82, 2.24) is 15.2 Å². The predicted octanol–water partition coefficient (Wildman–Crippen LogP) is 2.47. The molecule has 0 spiro atoms. The number of hydrogen-bond donors (Lipinski definition) is 3. The summed E-state index contributed by atoms with van der Waals surface area (Å²) in [4.78, 5) is 27.7. The first kappa shape index (κ1) is 16.5. The van der Waals surface area contributed by atoms with E-state index < -0.39 is 5.91 Å². The molecule has 0 saturated heterocycles. The van der Waals surface area contributed by atoms with E-state index in [0.717, 1.165) is 26.4 Å². The van der Waals surface area contributed by atoms with E-state index in [-0.39, 0.29) is 11.7 Å². The maximum absolute atomic E-state index is 12.5. The number of carbonyl (C=O) groups excluding carboxylic acids is 2. The molecule has 0 bridgehead atoms. The van der Waals surface area contributed by atoms with Crippen LogP contribution in [0, 0.1) is 13.8 Å². The zero-order valence-corrected chi connectivity index (χ0v) is 14.7. The summed E-state index contributed by atoms with van der Waals surface area (Å²) in [6.07, 6.45) is 0. The molecule has 0 saturated carbocycles. The number of nitrogens with one attached hydrogen (secondary N) is 2. The molecule has 0 unspecified atom stereocenters. The van der Waals surface area contributed by atoms with Gasteiger partial charge < -0.3 is 5.73 Å². The Morgan fingerprint density at radius 1 is 1.38 bits per heavy atom. The summed E-state index contributed by atoms with van der Waals surface area (Å²) in [5.41, 5.74) is 8.08. The van der Waals surface area contributed by atoms with Gasteiger partial charge in [0.1, 0.15) is 0 Å². The van der Waals surface area contributed by atoms with Crippen LogP contribution in [0.1, 0.15) is 21.7 Å². The monoisotopic (exact) mass is 361 g/mol. The molecule has 2 aromatic heterocycles. The lowest BCUT2D eigenvalue weighted by atomic mass is 10.1. The van der Waals surface area contributed by atoms with Gasteiger partial charge in [-0.3, -0.25) is 20.0 Å². The van der Waals surface area contributed by atoms with Crippen molar-refractivity contribution in [1.29, 1.82) is 0 Å². The number of aryl methyl sites for hydroxylation is 2. The molecular weight excluding hydrogens is 346 g/mol. The molecule has 0 aliphatic heterocycles. The lowest BCUT2D eigenvalue weighted by molar-refractivity contribution is -0.115. The molecule has 0 aliphatic carbocycles. The fourth-order valence-electron chi connectivity index (χ4n) is 2.16. The van der Waals surface area contributed by atoms with Crippen LogP contribution in [0.3, 0.4) is 0 Å². The minimum absolute atomic E-state index is 0.180. The highest BCUT2D eigenvalue weighted by Gasteiger charge is 2.17. The first-order valence-electron chi connectivity index (χ1n) is 7.08. The SMILES string of the molecule is Cc1ccc2[nH]nc(C(=O)Nc3nc(C)c(SCC(N)=O)s3)c2c1. The van der Waals surface area contributed by atoms with Crippen LogP contribution in [-0.4, -0.2) is 32.7 Å². The number of primary amides is 1. The quantitative estimate of drug-likeness (QED) is 0.604. The van der Waals surface area contributed by atoms with Gasteiger partial charge in [0.25, 0.3) is 5.91 Å². The molecular formula is C15H15N5O2S2. The van der Waals surface area contributed by atoms with Crippen molar-refractivity contribution >= 4 is 50.9 Å². The van der Waals surface area contributed by atoms with Crippen LogP contribution in [0.15, 0.2) is 22.4 Å². The molecule has 0 aliphatic rings. The molecule has 3 rings (SSSR count). The number of fused-ring (bicyclic) bond motifs is 1. The van der Waals surface area contributed by atoms with Crippen molar-refractivity contribution in [2.45, 2.75) is 18.1 Å². The Morgan fingerprint density at radius 2 is 2.17 bits per heavy atom. The highest BCUT2D eigenvalue weighted by Crippen LogP contribution is 2.32. The van der Waals surface area contributed by atoms with Gasteiger partial charge in [-0.05, 0) is 26.0 Å². The number of nitrogens with zero attached hydrogens (tertiary/aromatic N) is 2. The maximum atomic E-state index is 12.5. The summed E-state index contributed by atoms with van der Waals surface area (Å²) in [5.74, 6) is -0.538. The number of amides is 2. The third-order valence-corrected chi connectivity index (χ3v) is 5.71. The number of nitrogens with two attached hydrogens (primary N) is 1. The van der Waals surface area contributed by atoms with Gasteiger partial charge in [-0.1, -0.05) is 23.0 Å². The van der Waals surface area contributed by atoms with Gasteiger partial charge in [-0.2, -0.15) is 5.10 Å². The molecule has 3 aromatic rings. The first-order chi connectivity index (χ1) is 11.4. The lowest BCUT2D eigenvalue weighted by Crippen LogP contribution is -2.12. The maximum Gasteiger partial charge on any atom is 0.278 e. The summed E-state index contributed by atoms with van der Waals surface area (Å²) < 4.78 is 0.854. The van der Waals surface area contributed by atoms with Crippen molar-refractivity contribution in [3.05, 3.63) is 35.2 Å². The number of thiazole rings is 1. The number of rotatable bonds is 5. The van der Waals surface area contributed by atoms with E-state index in [4.69, 9.17) is 5.73 Å². The number of benzene rings is 1. The van der Waals surface area contributed by atoms with Gasteiger partial charge in [0.15, 0.2) is 10.8 Å². The Labute approximate surface area is 146 Å². The average molecular weight is 361 g/mol. The van der Waals surface area contributed by atoms with E-state index in [1.54, 1.807) is 0 Å². The Bertz CT molecular complexity index is 931. The van der Waals surface area contributed by atoms with Crippen LogP contribution >= 0.6 is 23.1 Å². The highest BCUT2D eigenvalue weighted by atomic mass is 32.2. The molecule has 0 atom stereocenters. The van der Waals surface area contributed by atoms with Crippen molar-refractivity contribution < 1.29 is 9.59 Å². The minimum atomic E-state index is -0.392. The number of H-pyrrole nitrogens is 1. The summed E-state index contributed by atoms with van der Waals surface area (Å²) in [6.45, 7) is 3.78. The zero-order valence-electron chi connectivity index (χ0n) is 13.0. The van der Waals surface area contributed by atoms with E-state index in [2.05, 4.69) is 20.5 Å². The molecule has 9 heteroatoms. The molecule has 4 N–H and O–H groups in total. The largest absolute Gasteiger partial charge is 0.369 e. The molecule has 124 valence electrons. The average Bonchev–Trinajstić information content (AvgIpc) is 3.08. The normalized spacial score (nSPS) is 10.9. The summed E-state index contributed by atoms with van der Waals surface area (Å²) in [7, 11) is 0. The number of aromatic amines is 1. The van der Waals surface area contributed by atoms with Crippen LogP contribution in [0.2, 0.25) is 0 Å². The first-order valence-corrected chi connectivity index (χ1v) is 8.89. The number of thioether (sulfide) groups is 1. The summed E-state index contributed by atoms with van der Waals surface area (Å²) in [6, 6.07) is 5.75. The van der Waals surface area contributed by atoms with Gasteiger partial charge in [-0.15, -0.1) is 11.8 Å². The van der Waals surface area contributed by atoms with Gasteiger partial charge in [0.05, 0.1) is 21.2 Å². The summed E-state index contributed by atoms with van der Waals surface area (Å²) >= 11 is 2.62. The van der Waals surface area contributed by atoms with E-state index >= 15 is 0 Å². The Balaban J connectivity index is 1.80.